The molecule has 90 valence electrons. The van der Waals surface area contributed by atoms with Crippen LogP contribution >= 0.6 is 0 Å². The van der Waals surface area contributed by atoms with Gasteiger partial charge in [0.05, 0.1) is 11.9 Å². The van der Waals surface area contributed by atoms with Gasteiger partial charge in [0.2, 0.25) is 0 Å². The first-order valence-electron chi connectivity index (χ1n) is 6.45. The molecule has 0 amide bonds. The lowest BCUT2D eigenvalue weighted by Crippen LogP contribution is -2.22. The van der Waals surface area contributed by atoms with Gasteiger partial charge in [-0.1, -0.05) is 25.0 Å². The fraction of sp³-hybridized carbons (Fsp3) is 0.833. The summed E-state index contributed by atoms with van der Waals surface area (Å²) in [6.07, 6.45) is 9.10. The van der Waals surface area contributed by atoms with Crippen molar-refractivity contribution in [1.29, 1.82) is 0 Å². The zero-order valence-electron chi connectivity index (χ0n) is 10.1. The van der Waals surface area contributed by atoms with Crippen LogP contribution in [0.1, 0.15) is 57.1 Å². The number of nitrogens with two attached hydrogens (primary N) is 1. The molecule has 0 aliphatic heterocycles. The highest BCUT2D eigenvalue weighted by Crippen LogP contribution is 2.30. The van der Waals surface area contributed by atoms with Crippen LogP contribution in [0.3, 0.4) is 0 Å². The van der Waals surface area contributed by atoms with Gasteiger partial charge in [-0.25, -0.2) is 4.68 Å². The van der Waals surface area contributed by atoms with Gasteiger partial charge in [0.25, 0.3) is 0 Å². The van der Waals surface area contributed by atoms with Crippen LogP contribution in [0, 0.1) is 0 Å². The molecule has 4 nitrogen and oxygen atoms in total. The van der Waals surface area contributed by atoms with Gasteiger partial charge in [-0.2, -0.15) is 0 Å². The SMILES string of the molecule is CCCn1nncc1C1CCCCC(N)C1. The van der Waals surface area contributed by atoms with Crippen molar-refractivity contribution in [3.8, 4) is 0 Å². The third-order valence-electron chi connectivity index (χ3n) is 3.47. The molecule has 4 heteroatoms. The second kappa shape index (κ2) is 5.43. The van der Waals surface area contributed by atoms with Gasteiger partial charge in [-0.05, 0) is 25.7 Å². The summed E-state index contributed by atoms with van der Waals surface area (Å²) in [7, 11) is 0. The van der Waals surface area contributed by atoms with Crippen molar-refractivity contribution in [2.75, 3.05) is 0 Å². The van der Waals surface area contributed by atoms with Crippen LogP contribution < -0.4 is 5.73 Å². The molecular formula is C12H22N4. The van der Waals surface area contributed by atoms with Gasteiger partial charge in [-0.3, -0.25) is 0 Å². The van der Waals surface area contributed by atoms with Crippen molar-refractivity contribution < 1.29 is 0 Å². The second-order valence-electron chi connectivity index (χ2n) is 4.86. The smallest absolute Gasteiger partial charge is 0.0728 e. The first kappa shape index (κ1) is 11.6. The van der Waals surface area contributed by atoms with E-state index in [0.717, 1.165) is 19.4 Å². The Morgan fingerprint density at radius 1 is 1.44 bits per heavy atom. The number of rotatable bonds is 3. The van der Waals surface area contributed by atoms with Gasteiger partial charge < -0.3 is 5.73 Å². The molecule has 1 aromatic heterocycles. The topological polar surface area (TPSA) is 56.7 Å². The summed E-state index contributed by atoms with van der Waals surface area (Å²) in [4.78, 5) is 0. The molecule has 2 atom stereocenters. The Hall–Kier alpha value is -0.900. The first-order chi connectivity index (χ1) is 7.81. The lowest BCUT2D eigenvalue weighted by molar-refractivity contribution is 0.476. The Labute approximate surface area is 97.2 Å². The van der Waals surface area contributed by atoms with E-state index in [1.807, 2.05) is 6.20 Å². The van der Waals surface area contributed by atoms with Gasteiger partial charge >= 0.3 is 0 Å². The zero-order chi connectivity index (χ0) is 11.4. The molecule has 1 aliphatic rings. The molecule has 1 saturated carbocycles. The lowest BCUT2D eigenvalue weighted by atomic mass is 9.95. The molecular weight excluding hydrogens is 200 g/mol. The van der Waals surface area contributed by atoms with E-state index in [1.54, 1.807) is 0 Å². The van der Waals surface area contributed by atoms with E-state index in [9.17, 15) is 0 Å². The fourth-order valence-electron chi connectivity index (χ4n) is 2.63. The standard InChI is InChI=1S/C12H22N4/c1-2-7-16-12(9-14-15-16)10-5-3-4-6-11(13)8-10/h9-11H,2-8,13H2,1H3. The van der Waals surface area contributed by atoms with E-state index in [0.29, 0.717) is 12.0 Å². The van der Waals surface area contributed by atoms with Crippen LogP contribution in [0.2, 0.25) is 0 Å². The molecule has 1 heterocycles. The van der Waals surface area contributed by atoms with Gasteiger partial charge in [0, 0.05) is 18.5 Å². The molecule has 2 rings (SSSR count). The maximum absolute atomic E-state index is 6.11. The molecule has 0 radical (unpaired) electrons. The number of hydrogen-bond donors (Lipinski definition) is 1. The third-order valence-corrected chi connectivity index (χ3v) is 3.47. The van der Waals surface area contributed by atoms with Crippen LogP contribution in [0.25, 0.3) is 0 Å². The quantitative estimate of drug-likeness (QED) is 0.796. The minimum Gasteiger partial charge on any atom is -0.328 e. The maximum Gasteiger partial charge on any atom is 0.0728 e. The molecule has 0 saturated heterocycles. The van der Waals surface area contributed by atoms with E-state index >= 15 is 0 Å². The van der Waals surface area contributed by atoms with Crippen LogP contribution in [-0.4, -0.2) is 21.0 Å². The number of aryl methyl sites for hydroxylation is 1. The molecule has 1 aliphatic carbocycles. The summed E-state index contributed by atoms with van der Waals surface area (Å²) in [5.74, 6) is 0.569. The number of aromatic nitrogens is 3. The summed E-state index contributed by atoms with van der Waals surface area (Å²) >= 11 is 0. The van der Waals surface area contributed by atoms with Crippen LogP contribution in [0.15, 0.2) is 6.20 Å². The normalized spacial score (nSPS) is 26.6. The molecule has 2 N–H and O–H groups in total. The second-order valence-corrected chi connectivity index (χ2v) is 4.86. The molecule has 0 aromatic carbocycles. The Kier molecular flexibility index (Phi) is 3.93. The Bertz CT molecular complexity index is 321. The van der Waals surface area contributed by atoms with Crippen molar-refractivity contribution in [2.24, 2.45) is 5.73 Å². The molecule has 16 heavy (non-hydrogen) atoms. The minimum atomic E-state index is 0.359. The van der Waals surface area contributed by atoms with Gasteiger partial charge in [-0.15, -0.1) is 5.10 Å². The fourth-order valence-corrected chi connectivity index (χ4v) is 2.63. The summed E-state index contributed by atoms with van der Waals surface area (Å²) in [5.41, 5.74) is 7.40. The van der Waals surface area contributed by atoms with Crippen LogP contribution in [0.5, 0.6) is 0 Å². The monoisotopic (exact) mass is 222 g/mol. The summed E-state index contributed by atoms with van der Waals surface area (Å²) in [6.45, 7) is 3.14. The molecule has 0 spiro atoms. The van der Waals surface area contributed by atoms with Crippen LogP contribution in [-0.2, 0) is 6.54 Å². The minimum absolute atomic E-state index is 0.359. The Morgan fingerprint density at radius 2 is 2.25 bits per heavy atom. The van der Waals surface area contributed by atoms with E-state index < -0.39 is 0 Å². The highest BCUT2D eigenvalue weighted by molar-refractivity contribution is 5.05. The van der Waals surface area contributed by atoms with Crippen molar-refractivity contribution in [1.82, 2.24) is 15.0 Å². The summed E-state index contributed by atoms with van der Waals surface area (Å²) in [5, 5.41) is 8.21. The predicted molar refractivity (Wildman–Crippen MR) is 64.1 cm³/mol. The van der Waals surface area contributed by atoms with Crippen molar-refractivity contribution >= 4 is 0 Å². The van der Waals surface area contributed by atoms with E-state index in [1.165, 1.54) is 31.4 Å². The highest BCUT2D eigenvalue weighted by Gasteiger charge is 2.22. The average molecular weight is 222 g/mol. The first-order valence-corrected chi connectivity index (χ1v) is 6.45. The summed E-state index contributed by atoms with van der Waals surface area (Å²) < 4.78 is 2.06. The Morgan fingerprint density at radius 3 is 3.06 bits per heavy atom. The number of hydrogen-bond acceptors (Lipinski definition) is 3. The molecule has 2 unspecified atom stereocenters. The van der Waals surface area contributed by atoms with E-state index in [2.05, 4.69) is 21.9 Å². The predicted octanol–water partition coefficient (Wildman–Crippen LogP) is 2.06. The van der Waals surface area contributed by atoms with Gasteiger partial charge in [0.1, 0.15) is 0 Å². The number of nitrogens with zero attached hydrogens (tertiary/aromatic N) is 3. The molecule has 0 bridgehead atoms. The van der Waals surface area contributed by atoms with Crippen molar-refractivity contribution in [3.63, 3.8) is 0 Å². The highest BCUT2D eigenvalue weighted by atomic mass is 15.4. The third kappa shape index (κ3) is 2.61. The lowest BCUT2D eigenvalue weighted by Gasteiger charge is -2.17. The molecule has 1 fully saturated rings. The van der Waals surface area contributed by atoms with E-state index in [4.69, 9.17) is 5.73 Å². The van der Waals surface area contributed by atoms with Crippen molar-refractivity contribution in [3.05, 3.63) is 11.9 Å². The van der Waals surface area contributed by atoms with Crippen LogP contribution in [0.4, 0.5) is 0 Å². The Balaban J connectivity index is 2.11. The largest absolute Gasteiger partial charge is 0.328 e. The van der Waals surface area contributed by atoms with Crippen molar-refractivity contribution in [2.45, 2.75) is 64.0 Å². The van der Waals surface area contributed by atoms with Gasteiger partial charge in [0.15, 0.2) is 0 Å². The van der Waals surface area contributed by atoms with E-state index in [-0.39, 0.29) is 0 Å². The summed E-state index contributed by atoms with van der Waals surface area (Å²) in [6, 6.07) is 0.359. The zero-order valence-corrected chi connectivity index (χ0v) is 10.1. The average Bonchev–Trinajstić information content (AvgIpc) is 2.61. The maximum atomic E-state index is 6.11. The molecule has 1 aromatic rings.